The number of nitrogens with zero attached hydrogens (tertiary/aromatic N) is 1. The Balaban J connectivity index is 1.62. The van der Waals surface area contributed by atoms with Gasteiger partial charge in [0.2, 0.25) is 5.91 Å². The van der Waals surface area contributed by atoms with Gasteiger partial charge in [0.15, 0.2) is 0 Å². The number of aromatic nitrogens is 1. The Hall–Kier alpha value is -2.56. The van der Waals surface area contributed by atoms with E-state index in [0.717, 1.165) is 29.9 Å². The first-order chi connectivity index (χ1) is 11.0. The molecule has 5 heteroatoms. The molecular formula is C18H21N3O2. The highest BCUT2D eigenvalue weighted by atomic mass is 16.2. The Morgan fingerprint density at radius 1 is 1.04 bits per heavy atom. The Morgan fingerprint density at radius 3 is 2.22 bits per heavy atom. The first-order valence-electron chi connectivity index (χ1n) is 7.87. The van der Waals surface area contributed by atoms with Crippen molar-refractivity contribution >= 4 is 11.8 Å². The van der Waals surface area contributed by atoms with E-state index < -0.39 is 0 Å². The topological polar surface area (TPSA) is 63.1 Å². The maximum atomic E-state index is 12.1. The number of aryl methyl sites for hydroxylation is 2. The molecule has 1 aromatic carbocycles. The molecule has 1 aliphatic carbocycles. The number of rotatable bonds is 5. The molecule has 0 bridgehead atoms. The summed E-state index contributed by atoms with van der Waals surface area (Å²) < 4.78 is 2.13. The van der Waals surface area contributed by atoms with E-state index in [-0.39, 0.29) is 18.4 Å². The van der Waals surface area contributed by atoms with Crippen molar-refractivity contribution in [2.45, 2.75) is 32.7 Å². The van der Waals surface area contributed by atoms with Crippen molar-refractivity contribution in [2.75, 3.05) is 6.54 Å². The van der Waals surface area contributed by atoms with E-state index in [1.165, 1.54) is 0 Å². The molecular weight excluding hydrogens is 290 g/mol. The molecule has 0 radical (unpaired) electrons. The standard InChI is InChI=1S/C18H21N3O2/c1-12-3-4-13(2)21(12)16-9-5-14(6-10-16)18(23)19-11-17(22)20-15-7-8-15/h3-6,9-10,15H,7-8,11H2,1-2H3,(H,19,23)(H,20,22). The average molecular weight is 311 g/mol. The van der Waals surface area contributed by atoms with Crippen LogP contribution >= 0.6 is 0 Å². The molecule has 1 aromatic heterocycles. The van der Waals surface area contributed by atoms with Gasteiger partial charge in [-0.3, -0.25) is 9.59 Å². The molecule has 0 unspecified atom stereocenters. The van der Waals surface area contributed by atoms with E-state index in [9.17, 15) is 9.59 Å². The van der Waals surface area contributed by atoms with E-state index in [1.54, 1.807) is 12.1 Å². The van der Waals surface area contributed by atoms with Gasteiger partial charge in [0, 0.05) is 28.7 Å². The van der Waals surface area contributed by atoms with Crippen LogP contribution in [0.1, 0.15) is 34.6 Å². The lowest BCUT2D eigenvalue weighted by Gasteiger charge is -2.10. The third kappa shape index (κ3) is 3.62. The number of carbonyl (C=O) groups is 2. The fraction of sp³-hybridized carbons (Fsp3) is 0.333. The van der Waals surface area contributed by atoms with Crippen LogP contribution in [-0.2, 0) is 4.79 Å². The minimum atomic E-state index is -0.233. The summed E-state index contributed by atoms with van der Waals surface area (Å²) in [5.41, 5.74) is 3.87. The third-order valence-corrected chi connectivity index (χ3v) is 4.01. The molecule has 3 rings (SSSR count). The largest absolute Gasteiger partial charge is 0.352 e. The minimum absolute atomic E-state index is 0.0207. The number of nitrogens with one attached hydrogen (secondary N) is 2. The van der Waals surface area contributed by atoms with Crippen molar-refractivity contribution in [3.8, 4) is 5.69 Å². The summed E-state index contributed by atoms with van der Waals surface area (Å²) in [6.07, 6.45) is 2.08. The number of amides is 2. The molecule has 1 fully saturated rings. The van der Waals surface area contributed by atoms with Gasteiger partial charge in [-0.05, 0) is 63.1 Å². The molecule has 23 heavy (non-hydrogen) atoms. The summed E-state index contributed by atoms with van der Waals surface area (Å²) in [6.45, 7) is 4.12. The van der Waals surface area contributed by atoms with Gasteiger partial charge in [-0.15, -0.1) is 0 Å². The van der Waals surface area contributed by atoms with Crippen LogP contribution in [0.4, 0.5) is 0 Å². The molecule has 1 saturated carbocycles. The first-order valence-corrected chi connectivity index (χ1v) is 7.87. The van der Waals surface area contributed by atoms with Crippen LogP contribution in [0.25, 0.3) is 5.69 Å². The Bertz CT molecular complexity index is 708. The van der Waals surface area contributed by atoms with E-state index in [4.69, 9.17) is 0 Å². The molecule has 120 valence electrons. The molecule has 1 aliphatic rings. The second kappa shape index (κ2) is 6.28. The average Bonchev–Trinajstić information content (AvgIpc) is 3.29. The van der Waals surface area contributed by atoms with Gasteiger partial charge in [-0.25, -0.2) is 0 Å². The Labute approximate surface area is 135 Å². The van der Waals surface area contributed by atoms with E-state index in [0.29, 0.717) is 11.6 Å². The van der Waals surface area contributed by atoms with Crippen molar-refractivity contribution in [3.63, 3.8) is 0 Å². The third-order valence-electron chi connectivity index (χ3n) is 4.01. The van der Waals surface area contributed by atoms with Gasteiger partial charge < -0.3 is 15.2 Å². The molecule has 1 heterocycles. The fourth-order valence-electron chi connectivity index (χ4n) is 2.61. The van der Waals surface area contributed by atoms with Gasteiger partial charge in [0.1, 0.15) is 0 Å². The maximum absolute atomic E-state index is 12.1. The van der Waals surface area contributed by atoms with Gasteiger partial charge in [-0.2, -0.15) is 0 Å². The molecule has 0 atom stereocenters. The van der Waals surface area contributed by atoms with Crippen molar-refractivity contribution in [1.29, 1.82) is 0 Å². The van der Waals surface area contributed by atoms with Crippen LogP contribution < -0.4 is 10.6 Å². The van der Waals surface area contributed by atoms with E-state index in [1.807, 2.05) is 26.0 Å². The second-order valence-electron chi connectivity index (χ2n) is 6.02. The summed E-state index contributed by atoms with van der Waals surface area (Å²) in [5.74, 6) is -0.362. The monoisotopic (exact) mass is 311 g/mol. The van der Waals surface area contributed by atoms with Crippen molar-refractivity contribution in [3.05, 3.63) is 53.3 Å². The van der Waals surface area contributed by atoms with E-state index >= 15 is 0 Å². The summed E-state index contributed by atoms with van der Waals surface area (Å²) in [7, 11) is 0. The van der Waals surface area contributed by atoms with Crippen LogP contribution in [0.15, 0.2) is 36.4 Å². The van der Waals surface area contributed by atoms with Gasteiger partial charge in [0.25, 0.3) is 5.91 Å². The predicted molar refractivity (Wildman–Crippen MR) is 88.7 cm³/mol. The number of hydrogen-bond acceptors (Lipinski definition) is 2. The van der Waals surface area contributed by atoms with Crippen LogP contribution in [0.5, 0.6) is 0 Å². The highest BCUT2D eigenvalue weighted by Gasteiger charge is 2.23. The van der Waals surface area contributed by atoms with Crippen LogP contribution in [0.2, 0.25) is 0 Å². The van der Waals surface area contributed by atoms with Crippen LogP contribution in [-0.4, -0.2) is 29.0 Å². The summed E-state index contributed by atoms with van der Waals surface area (Å²) in [5, 5.41) is 5.49. The normalized spacial score (nSPS) is 13.7. The van der Waals surface area contributed by atoms with Crippen LogP contribution in [0.3, 0.4) is 0 Å². The summed E-state index contributed by atoms with van der Waals surface area (Å²) in [6, 6.07) is 11.8. The smallest absolute Gasteiger partial charge is 0.251 e. The number of carbonyl (C=O) groups excluding carboxylic acids is 2. The molecule has 0 aliphatic heterocycles. The quantitative estimate of drug-likeness (QED) is 0.888. The summed E-state index contributed by atoms with van der Waals surface area (Å²) >= 11 is 0. The fourth-order valence-corrected chi connectivity index (χ4v) is 2.61. The minimum Gasteiger partial charge on any atom is -0.352 e. The first kappa shape index (κ1) is 15.3. The number of benzene rings is 1. The molecule has 0 spiro atoms. The zero-order chi connectivity index (χ0) is 16.4. The second-order valence-corrected chi connectivity index (χ2v) is 6.02. The Kier molecular flexibility index (Phi) is 4.19. The van der Waals surface area contributed by atoms with Crippen LogP contribution in [0, 0.1) is 13.8 Å². The lowest BCUT2D eigenvalue weighted by atomic mass is 10.2. The van der Waals surface area contributed by atoms with Gasteiger partial charge in [0.05, 0.1) is 6.54 Å². The SMILES string of the molecule is Cc1ccc(C)n1-c1ccc(C(=O)NCC(=O)NC2CC2)cc1. The zero-order valence-corrected chi connectivity index (χ0v) is 13.4. The van der Waals surface area contributed by atoms with Crippen molar-refractivity contribution in [2.24, 2.45) is 0 Å². The summed E-state index contributed by atoms with van der Waals surface area (Å²) in [4.78, 5) is 23.7. The predicted octanol–water partition coefficient (Wildman–Crippen LogP) is 2.10. The van der Waals surface area contributed by atoms with Gasteiger partial charge in [-0.1, -0.05) is 0 Å². The molecule has 2 amide bonds. The molecule has 0 saturated heterocycles. The molecule has 5 nitrogen and oxygen atoms in total. The Morgan fingerprint density at radius 2 is 1.65 bits per heavy atom. The zero-order valence-electron chi connectivity index (χ0n) is 13.4. The maximum Gasteiger partial charge on any atom is 0.251 e. The highest BCUT2D eigenvalue weighted by molar-refractivity contribution is 5.96. The number of hydrogen-bond donors (Lipinski definition) is 2. The lowest BCUT2D eigenvalue weighted by molar-refractivity contribution is -0.120. The lowest BCUT2D eigenvalue weighted by Crippen LogP contribution is -2.37. The highest BCUT2D eigenvalue weighted by Crippen LogP contribution is 2.18. The molecule has 2 N–H and O–H groups in total. The van der Waals surface area contributed by atoms with E-state index in [2.05, 4.69) is 27.3 Å². The van der Waals surface area contributed by atoms with Crippen molar-refractivity contribution < 1.29 is 9.59 Å². The van der Waals surface area contributed by atoms with Crippen molar-refractivity contribution in [1.82, 2.24) is 15.2 Å². The molecule has 2 aromatic rings. The van der Waals surface area contributed by atoms with Gasteiger partial charge >= 0.3 is 0 Å².